The van der Waals surface area contributed by atoms with Crippen LogP contribution in [0.25, 0.3) is 0 Å². The molecule has 1 N–H and O–H groups in total. The molecule has 0 bridgehead atoms. The predicted molar refractivity (Wildman–Crippen MR) is 120 cm³/mol. The lowest BCUT2D eigenvalue weighted by Gasteiger charge is -2.26. The Bertz CT molecular complexity index is 1070. The molecule has 1 aliphatic heterocycles. The first kappa shape index (κ1) is 23.9. The number of nitrogens with one attached hydrogen (secondary N) is 1. The number of para-hydroxylation sites is 1. The molecule has 0 aromatic heterocycles. The van der Waals surface area contributed by atoms with E-state index in [1.807, 2.05) is 39.0 Å². The van der Waals surface area contributed by atoms with E-state index < -0.39 is 28.5 Å². The average molecular weight is 461 g/mol. The molecule has 1 saturated heterocycles. The van der Waals surface area contributed by atoms with Gasteiger partial charge in [-0.1, -0.05) is 32.0 Å². The van der Waals surface area contributed by atoms with Gasteiger partial charge in [0.15, 0.2) is 6.61 Å². The smallest absolute Gasteiger partial charge is 0.338 e. The lowest BCUT2D eigenvalue weighted by Crippen LogP contribution is -2.40. The summed E-state index contributed by atoms with van der Waals surface area (Å²) in [6, 6.07) is 11.3. The summed E-state index contributed by atoms with van der Waals surface area (Å²) >= 11 is 0. The molecule has 1 heterocycles. The number of nitrogens with zero attached hydrogens (tertiary/aromatic N) is 1. The van der Waals surface area contributed by atoms with Crippen molar-refractivity contribution in [3.05, 3.63) is 59.2 Å². The number of carbonyl (C=O) groups excluding carboxylic acids is 2. The normalized spacial score (nSPS) is 14.9. The summed E-state index contributed by atoms with van der Waals surface area (Å²) in [5.41, 5.74) is 2.81. The maximum absolute atomic E-state index is 12.7. The molecule has 32 heavy (non-hydrogen) atoms. The lowest BCUT2D eigenvalue weighted by atomic mass is 9.98. The summed E-state index contributed by atoms with van der Waals surface area (Å²) in [5.74, 6) is -0.926. The van der Waals surface area contributed by atoms with E-state index in [1.54, 1.807) is 0 Å². The molecule has 172 valence electrons. The van der Waals surface area contributed by atoms with E-state index in [4.69, 9.17) is 9.47 Å². The number of esters is 1. The Balaban J connectivity index is 1.60. The Hall–Kier alpha value is -2.75. The minimum atomic E-state index is -3.64. The molecule has 8 nitrogen and oxygen atoms in total. The Kier molecular flexibility index (Phi) is 7.65. The molecular weight excluding hydrogens is 432 g/mol. The summed E-state index contributed by atoms with van der Waals surface area (Å²) in [4.78, 5) is 24.8. The van der Waals surface area contributed by atoms with Crippen molar-refractivity contribution in [1.82, 2.24) is 4.31 Å². The van der Waals surface area contributed by atoms with Gasteiger partial charge in [0.05, 0.1) is 23.7 Å². The van der Waals surface area contributed by atoms with Crippen LogP contribution >= 0.6 is 0 Å². The van der Waals surface area contributed by atoms with Gasteiger partial charge in [0, 0.05) is 18.8 Å². The van der Waals surface area contributed by atoms with Crippen LogP contribution in [0.5, 0.6) is 0 Å². The highest BCUT2D eigenvalue weighted by atomic mass is 32.2. The van der Waals surface area contributed by atoms with Crippen molar-refractivity contribution >= 4 is 27.6 Å². The third-order valence-electron chi connectivity index (χ3n) is 5.22. The number of amides is 1. The summed E-state index contributed by atoms with van der Waals surface area (Å²) in [5, 5.41) is 2.82. The Morgan fingerprint density at radius 2 is 1.75 bits per heavy atom. The van der Waals surface area contributed by atoms with Crippen LogP contribution < -0.4 is 5.32 Å². The predicted octanol–water partition coefficient (Wildman–Crippen LogP) is 2.93. The van der Waals surface area contributed by atoms with Gasteiger partial charge in [0.25, 0.3) is 5.91 Å². The highest BCUT2D eigenvalue weighted by molar-refractivity contribution is 7.89. The quantitative estimate of drug-likeness (QED) is 0.638. The maximum atomic E-state index is 12.7. The largest absolute Gasteiger partial charge is 0.452 e. The zero-order chi connectivity index (χ0) is 23.3. The molecule has 1 amide bonds. The molecule has 0 aliphatic carbocycles. The minimum Gasteiger partial charge on any atom is -0.452 e. The molecule has 0 atom stereocenters. The topological polar surface area (TPSA) is 102 Å². The SMILES string of the molecule is Cc1cccc(C(C)C)c1NC(=O)COC(=O)c1ccc(S(=O)(=O)N2CCOCC2)cc1. The van der Waals surface area contributed by atoms with Gasteiger partial charge in [-0.05, 0) is 48.2 Å². The van der Waals surface area contributed by atoms with Crippen molar-refractivity contribution in [3.63, 3.8) is 0 Å². The first-order valence-corrected chi connectivity index (χ1v) is 11.9. The number of aryl methyl sites for hydroxylation is 1. The fraction of sp³-hybridized carbons (Fsp3) is 0.391. The van der Waals surface area contributed by atoms with E-state index in [0.29, 0.717) is 26.3 Å². The molecule has 2 aromatic rings. The Morgan fingerprint density at radius 1 is 1.09 bits per heavy atom. The molecule has 0 saturated carbocycles. The number of hydrogen-bond donors (Lipinski definition) is 1. The van der Waals surface area contributed by atoms with E-state index in [-0.39, 0.29) is 16.4 Å². The number of carbonyl (C=O) groups is 2. The maximum Gasteiger partial charge on any atom is 0.338 e. The highest BCUT2D eigenvalue weighted by Gasteiger charge is 2.26. The van der Waals surface area contributed by atoms with E-state index in [0.717, 1.165) is 16.8 Å². The summed E-state index contributed by atoms with van der Waals surface area (Å²) < 4.78 is 37.0. The van der Waals surface area contributed by atoms with Crippen LogP contribution in [0.4, 0.5) is 5.69 Å². The monoisotopic (exact) mass is 460 g/mol. The number of hydrogen-bond acceptors (Lipinski definition) is 6. The van der Waals surface area contributed by atoms with E-state index in [9.17, 15) is 18.0 Å². The van der Waals surface area contributed by atoms with Gasteiger partial charge in [-0.25, -0.2) is 13.2 Å². The molecule has 3 rings (SSSR count). The molecule has 0 unspecified atom stereocenters. The molecule has 1 aliphatic rings. The molecule has 0 radical (unpaired) electrons. The van der Waals surface area contributed by atoms with E-state index in [2.05, 4.69) is 5.32 Å². The molecule has 0 spiro atoms. The number of ether oxygens (including phenoxy) is 2. The lowest BCUT2D eigenvalue weighted by molar-refractivity contribution is -0.119. The third kappa shape index (κ3) is 5.53. The second kappa shape index (κ2) is 10.2. The van der Waals surface area contributed by atoms with Gasteiger partial charge >= 0.3 is 5.97 Å². The van der Waals surface area contributed by atoms with Crippen LogP contribution in [0.15, 0.2) is 47.4 Å². The number of rotatable bonds is 7. The van der Waals surface area contributed by atoms with Crippen LogP contribution in [-0.4, -0.2) is 57.5 Å². The van der Waals surface area contributed by atoms with Crippen molar-refractivity contribution in [2.45, 2.75) is 31.6 Å². The fourth-order valence-electron chi connectivity index (χ4n) is 3.43. The zero-order valence-corrected chi connectivity index (χ0v) is 19.3. The van der Waals surface area contributed by atoms with Crippen molar-refractivity contribution < 1.29 is 27.5 Å². The number of sulfonamides is 1. The summed E-state index contributed by atoms with van der Waals surface area (Å²) in [6.45, 7) is 6.82. The minimum absolute atomic E-state index is 0.0921. The van der Waals surface area contributed by atoms with Crippen LogP contribution in [0.2, 0.25) is 0 Å². The summed E-state index contributed by atoms with van der Waals surface area (Å²) in [6.07, 6.45) is 0. The van der Waals surface area contributed by atoms with Crippen LogP contribution in [-0.2, 0) is 24.3 Å². The van der Waals surface area contributed by atoms with Crippen molar-refractivity contribution in [2.75, 3.05) is 38.2 Å². The molecule has 1 fully saturated rings. The van der Waals surface area contributed by atoms with Crippen molar-refractivity contribution in [2.24, 2.45) is 0 Å². The standard InChI is InChI=1S/C23H28N2O6S/c1-16(2)20-6-4-5-17(3)22(20)24-21(26)15-31-23(27)18-7-9-19(10-8-18)32(28,29)25-11-13-30-14-12-25/h4-10,16H,11-15H2,1-3H3,(H,24,26). The molecule has 2 aromatic carbocycles. The Morgan fingerprint density at radius 3 is 2.38 bits per heavy atom. The van der Waals surface area contributed by atoms with Crippen LogP contribution in [0.3, 0.4) is 0 Å². The fourth-order valence-corrected chi connectivity index (χ4v) is 4.84. The molecular formula is C23H28N2O6S. The average Bonchev–Trinajstić information content (AvgIpc) is 2.79. The highest BCUT2D eigenvalue weighted by Crippen LogP contribution is 2.27. The van der Waals surface area contributed by atoms with Gasteiger partial charge in [-0.2, -0.15) is 4.31 Å². The van der Waals surface area contributed by atoms with Gasteiger partial charge in [-0.15, -0.1) is 0 Å². The number of anilines is 1. The van der Waals surface area contributed by atoms with Gasteiger partial charge in [0.1, 0.15) is 0 Å². The van der Waals surface area contributed by atoms with Crippen LogP contribution in [0.1, 0.15) is 41.3 Å². The second-order valence-electron chi connectivity index (χ2n) is 7.86. The first-order chi connectivity index (χ1) is 15.2. The van der Waals surface area contributed by atoms with E-state index in [1.165, 1.54) is 28.6 Å². The van der Waals surface area contributed by atoms with Gasteiger partial charge in [0.2, 0.25) is 10.0 Å². The Labute approximate surface area is 188 Å². The zero-order valence-electron chi connectivity index (χ0n) is 18.5. The van der Waals surface area contributed by atoms with Crippen molar-refractivity contribution in [3.8, 4) is 0 Å². The third-order valence-corrected chi connectivity index (χ3v) is 7.14. The number of morpholine rings is 1. The first-order valence-electron chi connectivity index (χ1n) is 10.4. The molecule has 9 heteroatoms. The van der Waals surface area contributed by atoms with Gasteiger partial charge < -0.3 is 14.8 Å². The van der Waals surface area contributed by atoms with Crippen LogP contribution in [0, 0.1) is 6.92 Å². The number of benzene rings is 2. The van der Waals surface area contributed by atoms with E-state index >= 15 is 0 Å². The summed E-state index contributed by atoms with van der Waals surface area (Å²) in [7, 11) is -3.64. The van der Waals surface area contributed by atoms with Crippen molar-refractivity contribution in [1.29, 1.82) is 0 Å². The second-order valence-corrected chi connectivity index (χ2v) is 9.80. The van der Waals surface area contributed by atoms with Gasteiger partial charge in [-0.3, -0.25) is 4.79 Å².